The molecule has 0 heterocycles. The molecule has 2 amide bonds. The van der Waals surface area contributed by atoms with Crippen molar-refractivity contribution < 1.29 is 24.2 Å². The second-order valence-corrected chi connectivity index (χ2v) is 6.46. The van der Waals surface area contributed by atoms with E-state index in [0.717, 1.165) is 12.8 Å². The highest BCUT2D eigenvalue weighted by Crippen LogP contribution is 2.28. The number of primary amides is 1. The highest BCUT2D eigenvalue weighted by molar-refractivity contribution is 5.83. The minimum absolute atomic E-state index is 0.000623. The van der Waals surface area contributed by atoms with Crippen molar-refractivity contribution in [2.24, 2.45) is 23.1 Å². The highest BCUT2D eigenvalue weighted by atomic mass is 16.5. The Morgan fingerprint density at radius 1 is 1.28 bits per heavy atom. The first-order chi connectivity index (χ1) is 11.9. The number of ether oxygens (including phenoxy) is 2. The van der Waals surface area contributed by atoms with Crippen LogP contribution < -0.4 is 22.5 Å². The average Bonchev–Trinajstić information content (AvgIpc) is 2.59. The summed E-state index contributed by atoms with van der Waals surface area (Å²) in [7, 11) is 1.57. The van der Waals surface area contributed by atoms with Gasteiger partial charge in [0.1, 0.15) is 0 Å². The topological polar surface area (TPSA) is 163 Å². The summed E-state index contributed by atoms with van der Waals surface area (Å²) in [5.74, 6) is -0.752. The lowest BCUT2D eigenvalue weighted by Gasteiger charge is -2.42. The summed E-state index contributed by atoms with van der Waals surface area (Å²) in [6.07, 6.45) is 1.81. The zero-order valence-electron chi connectivity index (χ0n) is 14.9. The zero-order chi connectivity index (χ0) is 18.8. The first-order valence-electron chi connectivity index (χ1n) is 8.73. The van der Waals surface area contributed by atoms with Gasteiger partial charge in [-0.15, -0.1) is 0 Å². The third-order valence-corrected chi connectivity index (χ3v) is 4.58. The fraction of sp³-hybridized carbons (Fsp3) is 0.875. The van der Waals surface area contributed by atoms with E-state index in [4.69, 9.17) is 26.7 Å². The van der Waals surface area contributed by atoms with Crippen molar-refractivity contribution in [1.29, 1.82) is 0 Å². The molecule has 0 spiro atoms. The van der Waals surface area contributed by atoms with Crippen molar-refractivity contribution in [2.75, 3.05) is 26.8 Å². The van der Waals surface area contributed by atoms with Gasteiger partial charge in [-0.2, -0.15) is 0 Å². The number of rotatable bonds is 11. The van der Waals surface area contributed by atoms with Gasteiger partial charge < -0.3 is 37.1 Å². The van der Waals surface area contributed by atoms with Crippen molar-refractivity contribution >= 4 is 11.8 Å². The summed E-state index contributed by atoms with van der Waals surface area (Å²) in [6, 6.07) is -0.494. The Morgan fingerprint density at radius 3 is 2.60 bits per heavy atom. The summed E-state index contributed by atoms with van der Waals surface area (Å²) in [5.41, 5.74) is 16.7. The van der Waals surface area contributed by atoms with Crippen LogP contribution in [0.4, 0.5) is 0 Å². The second kappa shape index (κ2) is 11.4. The van der Waals surface area contributed by atoms with Gasteiger partial charge in [0.05, 0.1) is 30.9 Å². The molecule has 8 N–H and O–H groups in total. The molecule has 1 rings (SSSR count). The normalized spacial score (nSPS) is 29.4. The van der Waals surface area contributed by atoms with Crippen molar-refractivity contribution in [3.05, 3.63) is 0 Å². The van der Waals surface area contributed by atoms with E-state index in [1.807, 2.05) is 0 Å². The Morgan fingerprint density at radius 2 is 2.00 bits per heavy atom. The van der Waals surface area contributed by atoms with E-state index < -0.39 is 24.2 Å². The molecule has 5 unspecified atom stereocenters. The first kappa shape index (κ1) is 21.8. The molecular formula is C16H32N4O5. The van der Waals surface area contributed by atoms with E-state index in [-0.39, 0.29) is 24.5 Å². The number of carbonyl (C=O) groups is 2. The number of nitrogens with two attached hydrogens (primary N) is 3. The number of methoxy groups -OCH3 is 1. The minimum atomic E-state index is -0.813. The van der Waals surface area contributed by atoms with Crippen LogP contribution in [0.15, 0.2) is 0 Å². The molecule has 25 heavy (non-hydrogen) atoms. The van der Waals surface area contributed by atoms with Crippen molar-refractivity contribution in [3.8, 4) is 0 Å². The predicted molar refractivity (Wildman–Crippen MR) is 92.4 cm³/mol. The second-order valence-electron chi connectivity index (χ2n) is 6.46. The molecule has 0 bridgehead atoms. The molecule has 1 aliphatic rings. The Bertz CT molecular complexity index is 421. The van der Waals surface area contributed by atoms with Crippen molar-refractivity contribution in [2.45, 2.75) is 56.5 Å². The van der Waals surface area contributed by atoms with Crippen LogP contribution in [0.5, 0.6) is 0 Å². The maximum Gasteiger partial charge on any atom is 0.236 e. The van der Waals surface area contributed by atoms with Gasteiger partial charge >= 0.3 is 0 Å². The van der Waals surface area contributed by atoms with Crippen molar-refractivity contribution in [1.82, 2.24) is 5.32 Å². The van der Waals surface area contributed by atoms with Gasteiger partial charge in [-0.05, 0) is 25.8 Å². The van der Waals surface area contributed by atoms with Gasteiger partial charge in [-0.25, -0.2) is 0 Å². The van der Waals surface area contributed by atoms with Gasteiger partial charge in [0, 0.05) is 26.1 Å². The number of hydrogen-bond donors (Lipinski definition) is 5. The minimum Gasteiger partial charge on any atom is -0.389 e. The summed E-state index contributed by atoms with van der Waals surface area (Å²) >= 11 is 0. The molecular weight excluding hydrogens is 328 g/mol. The Labute approximate surface area is 148 Å². The van der Waals surface area contributed by atoms with E-state index in [0.29, 0.717) is 32.4 Å². The molecule has 9 nitrogen and oxygen atoms in total. The monoisotopic (exact) mass is 360 g/mol. The average molecular weight is 360 g/mol. The molecule has 1 fully saturated rings. The SMILES string of the molecule is COC1CC(CN)C(OCCCCCC(=O)NCC(N)=O)C(O)C1N. The van der Waals surface area contributed by atoms with E-state index >= 15 is 0 Å². The van der Waals surface area contributed by atoms with Gasteiger partial charge in [-0.1, -0.05) is 6.42 Å². The van der Waals surface area contributed by atoms with Gasteiger partial charge in [0.25, 0.3) is 0 Å². The van der Waals surface area contributed by atoms with Crippen LogP contribution in [-0.4, -0.2) is 68.1 Å². The maximum absolute atomic E-state index is 11.4. The molecule has 0 aromatic rings. The number of nitrogens with one attached hydrogen (secondary N) is 1. The number of aliphatic hydroxyl groups is 1. The third kappa shape index (κ3) is 7.25. The largest absolute Gasteiger partial charge is 0.389 e. The number of hydrogen-bond acceptors (Lipinski definition) is 7. The van der Waals surface area contributed by atoms with Gasteiger partial charge in [0.15, 0.2) is 0 Å². The summed E-state index contributed by atoms with van der Waals surface area (Å²) in [5, 5.41) is 12.8. The fourth-order valence-corrected chi connectivity index (χ4v) is 3.08. The van der Waals surface area contributed by atoms with E-state index in [9.17, 15) is 14.7 Å². The van der Waals surface area contributed by atoms with Gasteiger partial charge in [0.2, 0.25) is 11.8 Å². The Kier molecular flexibility index (Phi) is 9.91. The van der Waals surface area contributed by atoms with E-state index in [1.165, 1.54) is 0 Å². The molecule has 0 aromatic carbocycles. The molecule has 1 saturated carbocycles. The standard InChI is InChI=1S/C16H32N4O5/c1-24-11-7-10(8-17)16(15(23)14(11)19)25-6-4-2-3-5-13(22)20-9-12(18)21/h10-11,14-16,23H,2-9,17,19H2,1H3,(H2,18,21)(H,20,22). The molecule has 0 radical (unpaired) electrons. The number of unbranched alkanes of at least 4 members (excludes halogenated alkanes) is 2. The van der Waals surface area contributed by atoms with Crippen LogP contribution in [0.2, 0.25) is 0 Å². The van der Waals surface area contributed by atoms with Crippen LogP contribution in [0.1, 0.15) is 32.1 Å². The summed E-state index contributed by atoms with van der Waals surface area (Å²) in [4.78, 5) is 22.0. The van der Waals surface area contributed by atoms with Crippen LogP contribution in [0, 0.1) is 5.92 Å². The van der Waals surface area contributed by atoms with Crippen molar-refractivity contribution in [3.63, 3.8) is 0 Å². The quantitative estimate of drug-likeness (QED) is 0.272. The van der Waals surface area contributed by atoms with Crippen LogP contribution in [-0.2, 0) is 19.1 Å². The smallest absolute Gasteiger partial charge is 0.236 e. The number of aliphatic hydroxyl groups excluding tert-OH is 1. The van der Waals surface area contributed by atoms with Crippen LogP contribution in [0.25, 0.3) is 0 Å². The number of amides is 2. The molecule has 5 atom stereocenters. The molecule has 0 saturated heterocycles. The lowest BCUT2D eigenvalue weighted by Crippen LogP contribution is -2.60. The van der Waals surface area contributed by atoms with Crippen LogP contribution >= 0.6 is 0 Å². The zero-order valence-corrected chi connectivity index (χ0v) is 14.9. The molecule has 0 aliphatic heterocycles. The Balaban J connectivity index is 2.23. The summed E-state index contributed by atoms with van der Waals surface area (Å²) in [6.45, 7) is 0.727. The van der Waals surface area contributed by atoms with E-state index in [2.05, 4.69) is 5.32 Å². The highest BCUT2D eigenvalue weighted by Gasteiger charge is 2.42. The predicted octanol–water partition coefficient (Wildman–Crippen LogP) is -1.78. The maximum atomic E-state index is 11.4. The first-order valence-corrected chi connectivity index (χ1v) is 8.73. The Hall–Kier alpha value is -1.26. The molecule has 1 aliphatic carbocycles. The molecule has 0 aromatic heterocycles. The lowest BCUT2D eigenvalue weighted by molar-refractivity contribution is -0.131. The number of carbonyl (C=O) groups excluding carboxylic acids is 2. The molecule has 9 heteroatoms. The van der Waals surface area contributed by atoms with Gasteiger partial charge in [-0.3, -0.25) is 9.59 Å². The fourth-order valence-electron chi connectivity index (χ4n) is 3.08. The summed E-state index contributed by atoms with van der Waals surface area (Å²) < 4.78 is 11.1. The third-order valence-electron chi connectivity index (χ3n) is 4.58. The van der Waals surface area contributed by atoms with Crippen LogP contribution in [0.3, 0.4) is 0 Å². The lowest BCUT2D eigenvalue weighted by atomic mass is 9.79. The van der Waals surface area contributed by atoms with E-state index in [1.54, 1.807) is 7.11 Å². The molecule has 146 valence electrons.